The first kappa shape index (κ1) is 13.1. The van der Waals surface area contributed by atoms with Crippen LogP contribution in [-0.2, 0) is 11.2 Å². The number of likely N-dealkylation sites (tertiary alicyclic amines) is 1. The lowest BCUT2D eigenvalue weighted by Gasteiger charge is -2.17. The van der Waals surface area contributed by atoms with Gasteiger partial charge in [-0.2, -0.15) is 0 Å². The summed E-state index contributed by atoms with van der Waals surface area (Å²) in [6, 6.07) is 4.76. The first-order valence-electron chi connectivity index (χ1n) is 6.56. The molecule has 0 aromatic heterocycles. The van der Waals surface area contributed by atoms with E-state index in [0.717, 1.165) is 31.7 Å². The number of nitrogens with one attached hydrogen (secondary N) is 1. The second-order valence-electron chi connectivity index (χ2n) is 5.40. The van der Waals surface area contributed by atoms with Crippen molar-refractivity contribution in [1.82, 2.24) is 10.2 Å². The molecule has 1 amide bonds. The lowest BCUT2D eigenvalue weighted by atomic mass is 10.0. The van der Waals surface area contributed by atoms with Crippen molar-refractivity contribution in [1.29, 1.82) is 0 Å². The fourth-order valence-corrected chi connectivity index (χ4v) is 3.42. The summed E-state index contributed by atoms with van der Waals surface area (Å²) in [7, 11) is 0. The van der Waals surface area contributed by atoms with E-state index in [-0.39, 0.29) is 11.7 Å². The van der Waals surface area contributed by atoms with Crippen LogP contribution in [0.4, 0.5) is 4.39 Å². The van der Waals surface area contributed by atoms with Crippen molar-refractivity contribution < 1.29 is 9.18 Å². The molecule has 1 aromatic carbocycles. The number of nitrogens with zero attached hydrogens (tertiary/aromatic N) is 1. The third kappa shape index (κ3) is 2.67. The molecule has 3 rings (SSSR count). The monoisotopic (exact) mass is 326 g/mol. The SMILES string of the molecule is O=C(Cc1ccc(F)c(Br)c1)N1C[C@H]2CNC[C@H]2C1. The topological polar surface area (TPSA) is 32.3 Å². The zero-order valence-electron chi connectivity index (χ0n) is 10.5. The van der Waals surface area contributed by atoms with Gasteiger partial charge in [0.05, 0.1) is 10.9 Å². The maximum Gasteiger partial charge on any atom is 0.227 e. The summed E-state index contributed by atoms with van der Waals surface area (Å²) in [5, 5.41) is 3.36. The molecule has 0 radical (unpaired) electrons. The van der Waals surface area contributed by atoms with Gasteiger partial charge in [-0.25, -0.2) is 4.39 Å². The summed E-state index contributed by atoms with van der Waals surface area (Å²) in [5.41, 5.74) is 0.855. The maximum atomic E-state index is 13.1. The fraction of sp³-hybridized carbons (Fsp3) is 0.500. The molecule has 5 heteroatoms. The van der Waals surface area contributed by atoms with Gasteiger partial charge in [0, 0.05) is 26.2 Å². The highest BCUT2D eigenvalue weighted by atomic mass is 79.9. The van der Waals surface area contributed by atoms with E-state index in [9.17, 15) is 9.18 Å². The molecule has 0 aliphatic carbocycles. The quantitative estimate of drug-likeness (QED) is 0.899. The molecule has 0 unspecified atom stereocenters. The van der Waals surface area contributed by atoms with Crippen LogP contribution >= 0.6 is 15.9 Å². The molecule has 0 spiro atoms. The van der Waals surface area contributed by atoms with Gasteiger partial charge in [0.1, 0.15) is 5.82 Å². The first-order chi connectivity index (χ1) is 9.13. The zero-order chi connectivity index (χ0) is 13.4. The Kier molecular flexibility index (Phi) is 3.58. The van der Waals surface area contributed by atoms with Gasteiger partial charge in [-0.15, -0.1) is 0 Å². The normalized spacial score (nSPS) is 25.7. The number of benzene rings is 1. The molecular weight excluding hydrogens is 311 g/mol. The molecule has 1 aromatic rings. The van der Waals surface area contributed by atoms with Crippen LogP contribution < -0.4 is 5.32 Å². The van der Waals surface area contributed by atoms with Crippen LogP contribution in [0.3, 0.4) is 0 Å². The molecule has 0 bridgehead atoms. The first-order valence-corrected chi connectivity index (χ1v) is 7.35. The van der Waals surface area contributed by atoms with E-state index in [1.165, 1.54) is 6.07 Å². The van der Waals surface area contributed by atoms with Crippen LogP contribution in [0, 0.1) is 17.7 Å². The van der Waals surface area contributed by atoms with Gasteiger partial charge in [-0.05, 0) is 45.5 Å². The van der Waals surface area contributed by atoms with Crippen molar-refractivity contribution >= 4 is 21.8 Å². The smallest absolute Gasteiger partial charge is 0.227 e. The Bertz CT molecular complexity index is 496. The standard InChI is InChI=1S/C14H16BrFN2O/c15-12-3-9(1-2-13(12)16)4-14(19)18-7-10-5-17-6-11(10)8-18/h1-3,10-11,17H,4-8H2/t10-,11+. The highest BCUT2D eigenvalue weighted by Crippen LogP contribution is 2.27. The van der Waals surface area contributed by atoms with Crippen LogP contribution in [-0.4, -0.2) is 37.0 Å². The van der Waals surface area contributed by atoms with Crippen molar-refractivity contribution in [2.24, 2.45) is 11.8 Å². The Morgan fingerprint density at radius 2 is 2.05 bits per heavy atom. The van der Waals surface area contributed by atoms with E-state index in [1.54, 1.807) is 12.1 Å². The lowest BCUT2D eigenvalue weighted by Crippen LogP contribution is -2.32. The summed E-state index contributed by atoms with van der Waals surface area (Å²) in [4.78, 5) is 14.2. The average molecular weight is 327 g/mol. The van der Waals surface area contributed by atoms with Crippen LogP contribution in [0.2, 0.25) is 0 Å². The molecule has 1 N–H and O–H groups in total. The number of amides is 1. The van der Waals surface area contributed by atoms with Crippen molar-refractivity contribution in [3.05, 3.63) is 34.1 Å². The fourth-order valence-electron chi connectivity index (χ4n) is 3.00. The predicted molar refractivity (Wildman–Crippen MR) is 74.2 cm³/mol. The molecule has 102 valence electrons. The van der Waals surface area contributed by atoms with E-state index in [4.69, 9.17) is 0 Å². The number of hydrogen-bond donors (Lipinski definition) is 1. The summed E-state index contributed by atoms with van der Waals surface area (Å²) in [6.07, 6.45) is 0.353. The van der Waals surface area contributed by atoms with E-state index in [1.807, 2.05) is 4.90 Å². The molecule has 2 saturated heterocycles. The molecule has 2 atom stereocenters. The number of rotatable bonds is 2. The van der Waals surface area contributed by atoms with Crippen LogP contribution in [0.15, 0.2) is 22.7 Å². The van der Waals surface area contributed by atoms with Gasteiger partial charge in [0.15, 0.2) is 0 Å². The van der Waals surface area contributed by atoms with E-state index in [2.05, 4.69) is 21.2 Å². The number of halogens is 2. The Morgan fingerprint density at radius 3 is 2.68 bits per heavy atom. The molecule has 2 aliphatic rings. The maximum absolute atomic E-state index is 13.1. The molecule has 2 heterocycles. The third-order valence-electron chi connectivity index (χ3n) is 4.08. The summed E-state index contributed by atoms with van der Waals surface area (Å²) >= 11 is 3.15. The van der Waals surface area contributed by atoms with Crippen LogP contribution in [0.5, 0.6) is 0 Å². The van der Waals surface area contributed by atoms with Gasteiger partial charge in [-0.1, -0.05) is 6.07 Å². The van der Waals surface area contributed by atoms with Gasteiger partial charge in [-0.3, -0.25) is 4.79 Å². The average Bonchev–Trinajstić information content (AvgIpc) is 2.94. The highest BCUT2D eigenvalue weighted by Gasteiger charge is 2.37. The predicted octanol–water partition coefficient (Wildman–Crippen LogP) is 1.81. The van der Waals surface area contributed by atoms with Gasteiger partial charge < -0.3 is 10.2 Å². The Hall–Kier alpha value is -0.940. The summed E-state index contributed by atoms with van der Waals surface area (Å²) in [5.74, 6) is 1.08. The van der Waals surface area contributed by atoms with E-state index < -0.39 is 0 Å². The Morgan fingerprint density at radius 1 is 1.37 bits per heavy atom. The van der Waals surface area contributed by atoms with E-state index in [0.29, 0.717) is 22.7 Å². The minimum Gasteiger partial charge on any atom is -0.342 e. The minimum absolute atomic E-state index is 0.146. The molecule has 2 fully saturated rings. The summed E-state index contributed by atoms with van der Waals surface area (Å²) in [6.45, 7) is 3.77. The number of carbonyl (C=O) groups is 1. The minimum atomic E-state index is -0.294. The second-order valence-corrected chi connectivity index (χ2v) is 6.26. The number of carbonyl (C=O) groups excluding carboxylic acids is 1. The summed E-state index contributed by atoms with van der Waals surface area (Å²) < 4.78 is 13.6. The van der Waals surface area contributed by atoms with E-state index >= 15 is 0 Å². The van der Waals surface area contributed by atoms with Gasteiger partial charge >= 0.3 is 0 Å². The van der Waals surface area contributed by atoms with Crippen molar-refractivity contribution in [3.8, 4) is 0 Å². The molecule has 19 heavy (non-hydrogen) atoms. The van der Waals surface area contributed by atoms with Crippen LogP contribution in [0.25, 0.3) is 0 Å². The molecule has 3 nitrogen and oxygen atoms in total. The Balaban J connectivity index is 1.63. The number of fused-ring (bicyclic) bond motifs is 1. The molecular formula is C14H16BrFN2O. The lowest BCUT2D eigenvalue weighted by molar-refractivity contribution is -0.129. The number of hydrogen-bond acceptors (Lipinski definition) is 2. The third-order valence-corrected chi connectivity index (χ3v) is 4.69. The van der Waals surface area contributed by atoms with Gasteiger partial charge in [0.2, 0.25) is 5.91 Å². The second kappa shape index (κ2) is 5.21. The van der Waals surface area contributed by atoms with Crippen molar-refractivity contribution in [3.63, 3.8) is 0 Å². The Labute approximate surface area is 120 Å². The van der Waals surface area contributed by atoms with Crippen LogP contribution in [0.1, 0.15) is 5.56 Å². The van der Waals surface area contributed by atoms with Crippen molar-refractivity contribution in [2.45, 2.75) is 6.42 Å². The highest BCUT2D eigenvalue weighted by molar-refractivity contribution is 9.10. The molecule has 0 saturated carbocycles. The zero-order valence-corrected chi connectivity index (χ0v) is 12.1. The largest absolute Gasteiger partial charge is 0.342 e. The van der Waals surface area contributed by atoms with Crippen molar-refractivity contribution in [2.75, 3.05) is 26.2 Å². The van der Waals surface area contributed by atoms with Gasteiger partial charge in [0.25, 0.3) is 0 Å². The molecule has 2 aliphatic heterocycles.